The molecule has 2 fully saturated rings. The number of hydrogen-bond acceptors (Lipinski definition) is 2. The average Bonchev–Trinajstić information content (AvgIpc) is 2.47. The summed E-state index contributed by atoms with van der Waals surface area (Å²) in [5, 5.41) is 3.52. The van der Waals surface area contributed by atoms with Gasteiger partial charge in [0.2, 0.25) is 0 Å². The summed E-state index contributed by atoms with van der Waals surface area (Å²) in [5.41, 5.74) is 0.459. The van der Waals surface area contributed by atoms with Crippen molar-refractivity contribution in [3.05, 3.63) is 0 Å². The van der Waals surface area contributed by atoms with E-state index in [9.17, 15) is 0 Å². The lowest BCUT2D eigenvalue weighted by molar-refractivity contribution is -0.0858. The van der Waals surface area contributed by atoms with Gasteiger partial charge in [-0.05, 0) is 56.4 Å². The standard InChI is InChI=1S/C19H37NO/c1-6-19(3,4)15-10-11-17(20-5)18(13-15)21-16-9-7-8-14(2)12-16/h14-18,20H,6-13H2,1-5H3. The van der Waals surface area contributed by atoms with Crippen molar-refractivity contribution < 1.29 is 4.74 Å². The van der Waals surface area contributed by atoms with Crippen LogP contribution in [-0.4, -0.2) is 25.3 Å². The van der Waals surface area contributed by atoms with Crippen molar-refractivity contribution in [2.45, 2.75) is 97.3 Å². The molecule has 0 radical (unpaired) electrons. The average molecular weight is 296 g/mol. The number of hydrogen-bond donors (Lipinski definition) is 1. The quantitative estimate of drug-likeness (QED) is 0.788. The molecular weight excluding hydrogens is 258 g/mol. The van der Waals surface area contributed by atoms with E-state index in [4.69, 9.17) is 4.74 Å². The monoisotopic (exact) mass is 295 g/mol. The highest BCUT2D eigenvalue weighted by atomic mass is 16.5. The van der Waals surface area contributed by atoms with Crippen LogP contribution in [0.3, 0.4) is 0 Å². The maximum atomic E-state index is 6.61. The fourth-order valence-electron chi connectivity index (χ4n) is 4.36. The summed E-state index contributed by atoms with van der Waals surface area (Å²) in [6, 6.07) is 0.561. The Kier molecular flexibility index (Phi) is 6.14. The van der Waals surface area contributed by atoms with Gasteiger partial charge in [0.05, 0.1) is 12.2 Å². The number of nitrogens with one attached hydrogen (secondary N) is 1. The van der Waals surface area contributed by atoms with E-state index in [-0.39, 0.29) is 0 Å². The third-order valence-corrected chi connectivity index (χ3v) is 6.43. The minimum Gasteiger partial charge on any atom is -0.373 e. The first kappa shape index (κ1) is 17.3. The molecular formula is C19H37NO. The van der Waals surface area contributed by atoms with Gasteiger partial charge in [0.25, 0.3) is 0 Å². The molecule has 0 bridgehead atoms. The Morgan fingerprint density at radius 3 is 2.48 bits per heavy atom. The molecule has 2 saturated carbocycles. The Morgan fingerprint density at radius 2 is 1.86 bits per heavy atom. The third-order valence-electron chi connectivity index (χ3n) is 6.43. The molecule has 5 atom stereocenters. The largest absolute Gasteiger partial charge is 0.373 e. The molecule has 0 heterocycles. The lowest BCUT2D eigenvalue weighted by Gasteiger charge is -2.44. The molecule has 5 unspecified atom stereocenters. The van der Waals surface area contributed by atoms with Gasteiger partial charge in [0.1, 0.15) is 0 Å². The zero-order valence-corrected chi connectivity index (χ0v) is 15.0. The van der Waals surface area contributed by atoms with Gasteiger partial charge in [-0.2, -0.15) is 0 Å². The molecule has 2 rings (SSSR count). The van der Waals surface area contributed by atoms with Crippen molar-refractivity contribution in [2.24, 2.45) is 17.3 Å². The highest BCUT2D eigenvalue weighted by molar-refractivity contribution is 4.91. The van der Waals surface area contributed by atoms with Crippen molar-refractivity contribution in [3.63, 3.8) is 0 Å². The van der Waals surface area contributed by atoms with Crippen LogP contribution in [0.5, 0.6) is 0 Å². The lowest BCUT2D eigenvalue weighted by Crippen LogP contribution is -2.48. The van der Waals surface area contributed by atoms with Crippen LogP contribution in [0.25, 0.3) is 0 Å². The van der Waals surface area contributed by atoms with Crippen LogP contribution in [0.1, 0.15) is 79.1 Å². The second-order valence-electron chi connectivity index (χ2n) is 8.32. The Hall–Kier alpha value is -0.0800. The van der Waals surface area contributed by atoms with Gasteiger partial charge in [-0.25, -0.2) is 0 Å². The van der Waals surface area contributed by atoms with E-state index >= 15 is 0 Å². The van der Waals surface area contributed by atoms with Gasteiger partial charge in [-0.1, -0.05) is 47.0 Å². The molecule has 0 amide bonds. The van der Waals surface area contributed by atoms with Crippen molar-refractivity contribution >= 4 is 0 Å². The van der Waals surface area contributed by atoms with Crippen LogP contribution in [0, 0.1) is 17.3 Å². The minimum absolute atomic E-state index is 0.426. The van der Waals surface area contributed by atoms with Crippen LogP contribution in [-0.2, 0) is 4.74 Å². The van der Waals surface area contributed by atoms with E-state index in [0.29, 0.717) is 23.7 Å². The minimum atomic E-state index is 0.426. The normalized spacial score (nSPS) is 38.4. The molecule has 124 valence electrons. The van der Waals surface area contributed by atoms with Crippen LogP contribution in [0.15, 0.2) is 0 Å². The van der Waals surface area contributed by atoms with Crippen molar-refractivity contribution in [2.75, 3.05) is 7.05 Å². The van der Waals surface area contributed by atoms with E-state index < -0.39 is 0 Å². The maximum Gasteiger partial charge on any atom is 0.0734 e. The number of likely N-dealkylation sites (N-methyl/N-ethyl adjacent to an activating group) is 1. The van der Waals surface area contributed by atoms with Gasteiger partial charge in [-0.3, -0.25) is 0 Å². The Bertz CT molecular complexity index is 315. The van der Waals surface area contributed by atoms with E-state index in [1.54, 1.807) is 0 Å². The Labute approximate surface area is 132 Å². The third kappa shape index (κ3) is 4.45. The smallest absolute Gasteiger partial charge is 0.0734 e. The summed E-state index contributed by atoms with van der Waals surface area (Å²) < 4.78 is 6.61. The summed E-state index contributed by atoms with van der Waals surface area (Å²) in [6.07, 6.45) is 11.4. The molecule has 0 spiro atoms. The van der Waals surface area contributed by atoms with Crippen LogP contribution in [0.2, 0.25) is 0 Å². The van der Waals surface area contributed by atoms with Crippen molar-refractivity contribution in [1.82, 2.24) is 5.32 Å². The number of rotatable bonds is 5. The molecule has 0 aromatic carbocycles. The molecule has 0 aromatic heterocycles. The van der Waals surface area contributed by atoms with Gasteiger partial charge in [-0.15, -0.1) is 0 Å². The molecule has 2 aliphatic rings. The van der Waals surface area contributed by atoms with Crippen molar-refractivity contribution in [3.8, 4) is 0 Å². The first-order valence-electron chi connectivity index (χ1n) is 9.29. The maximum absolute atomic E-state index is 6.61. The van der Waals surface area contributed by atoms with E-state index in [1.807, 2.05) is 0 Å². The predicted octanol–water partition coefficient (Wildman–Crippen LogP) is 4.77. The fourth-order valence-corrected chi connectivity index (χ4v) is 4.36. The Morgan fingerprint density at radius 1 is 1.10 bits per heavy atom. The lowest BCUT2D eigenvalue weighted by atomic mass is 9.68. The molecule has 2 heteroatoms. The van der Waals surface area contributed by atoms with Crippen LogP contribution < -0.4 is 5.32 Å². The summed E-state index contributed by atoms with van der Waals surface area (Å²) in [7, 11) is 2.11. The zero-order chi connectivity index (χ0) is 15.5. The second-order valence-corrected chi connectivity index (χ2v) is 8.32. The highest BCUT2D eigenvalue weighted by Gasteiger charge is 2.38. The SMILES string of the molecule is CCC(C)(C)C1CCC(NC)C(OC2CCCC(C)C2)C1. The molecule has 0 aromatic rings. The van der Waals surface area contributed by atoms with E-state index in [2.05, 4.69) is 40.1 Å². The molecule has 2 aliphatic carbocycles. The predicted molar refractivity (Wildman–Crippen MR) is 90.6 cm³/mol. The van der Waals surface area contributed by atoms with Gasteiger partial charge in [0, 0.05) is 6.04 Å². The van der Waals surface area contributed by atoms with E-state index in [0.717, 1.165) is 11.8 Å². The van der Waals surface area contributed by atoms with Gasteiger partial charge >= 0.3 is 0 Å². The number of ether oxygens (including phenoxy) is 1. The highest BCUT2D eigenvalue weighted by Crippen LogP contribution is 2.42. The van der Waals surface area contributed by atoms with Crippen LogP contribution >= 0.6 is 0 Å². The fraction of sp³-hybridized carbons (Fsp3) is 1.00. The van der Waals surface area contributed by atoms with Crippen molar-refractivity contribution in [1.29, 1.82) is 0 Å². The molecule has 21 heavy (non-hydrogen) atoms. The van der Waals surface area contributed by atoms with Crippen LogP contribution in [0.4, 0.5) is 0 Å². The van der Waals surface area contributed by atoms with E-state index in [1.165, 1.54) is 51.4 Å². The molecule has 0 aliphatic heterocycles. The molecule has 0 saturated heterocycles. The summed E-state index contributed by atoms with van der Waals surface area (Å²) in [5.74, 6) is 1.67. The molecule has 1 N–H and O–H groups in total. The Balaban J connectivity index is 1.96. The molecule has 2 nitrogen and oxygen atoms in total. The zero-order valence-electron chi connectivity index (χ0n) is 15.0. The topological polar surface area (TPSA) is 21.3 Å². The summed E-state index contributed by atoms with van der Waals surface area (Å²) in [4.78, 5) is 0. The summed E-state index contributed by atoms with van der Waals surface area (Å²) in [6.45, 7) is 9.60. The second kappa shape index (κ2) is 7.46. The first-order valence-corrected chi connectivity index (χ1v) is 9.29. The first-order chi connectivity index (χ1) is 9.96. The summed E-state index contributed by atoms with van der Waals surface area (Å²) >= 11 is 0. The van der Waals surface area contributed by atoms with Gasteiger partial charge in [0.15, 0.2) is 0 Å². The van der Waals surface area contributed by atoms with Gasteiger partial charge < -0.3 is 10.1 Å².